The van der Waals surface area contributed by atoms with E-state index in [4.69, 9.17) is 0 Å². The monoisotopic (exact) mass is 340 g/mol. The molecular weight excluding hydrogens is 312 g/mol. The second-order valence-corrected chi connectivity index (χ2v) is 6.54. The maximum absolute atomic E-state index is 11.2. The third-order valence-corrected chi connectivity index (χ3v) is 4.62. The Kier molecular flexibility index (Phi) is 7.52. The molecule has 0 saturated carbocycles. The summed E-state index contributed by atoms with van der Waals surface area (Å²) < 4.78 is 0. The first-order valence-electron chi connectivity index (χ1n) is 9.28. The molecule has 3 heteroatoms. The zero-order chi connectivity index (χ0) is 18.1. The van der Waals surface area contributed by atoms with Crippen LogP contribution in [-0.4, -0.2) is 16.2 Å². The van der Waals surface area contributed by atoms with E-state index in [-0.39, 0.29) is 11.3 Å². The van der Waals surface area contributed by atoms with Crippen LogP contribution in [0.4, 0.5) is 0 Å². The smallest absolute Gasteiger partial charge is 0.339 e. The van der Waals surface area contributed by atoms with Crippen molar-refractivity contribution in [2.75, 3.05) is 0 Å². The van der Waals surface area contributed by atoms with Crippen LogP contribution in [0.1, 0.15) is 67.8 Å². The molecule has 2 N–H and O–H groups in total. The van der Waals surface area contributed by atoms with Crippen LogP contribution in [0.2, 0.25) is 0 Å². The van der Waals surface area contributed by atoms with Gasteiger partial charge in [0.25, 0.3) is 0 Å². The Bertz CT molecular complexity index is 691. The number of phenols is 1. The van der Waals surface area contributed by atoms with Crippen LogP contribution < -0.4 is 0 Å². The standard InChI is InChI=1S/C22H28O3/c1-2-3-4-5-6-7-8-12-17-13-9-10-14-18(17)19-15-11-16-20(21(19)23)22(24)25/h9-11,13-16,23H,2-8,12H2,1H3,(H,24,25). The summed E-state index contributed by atoms with van der Waals surface area (Å²) in [5.41, 5.74) is 2.63. The van der Waals surface area contributed by atoms with Crippen LogP contribution in [0, 0.1) is 0 Å². The number of carboxylic acid groups (broad SMARTS) is 1. The number of aromatic hydroxyl groups is 1. The fraction of sp³-hybridized carbons (Fsp3) is 0.409. The molecule has 2 rings (SSSR count). The van der Waals surface area contributed by atoms with Gasteiger partial charge in [-0.15, -0.1) is 0 Å². The molecule has 0 radical (unpaired) electrons. The van der Waals surface area contributed by atoms with Gasteiger partial charge in [-0.25, -0.2) is 4.79 Å². The summed E-state index contributed by atoms with van der Waals surface area (Å²) in [6, 6.07) is 12.8. The lowest BCUT2D eigenvalue weighted by Gasteiger charge is -2.12. The second kappa shape index (κ2) is 9.87. The highest BCUT2D eigenvalue weighted by Crippen LogP contribution is 2.34. The van der Waals surface area contributed by atoms with Gasteiger partial charge < -0.3 is 10.2 Å². The molecule has 0 aliphatic carbocycles. The van der Waals surface area contributed by atoms with Gasteiger partial charge in [-0.05, 0) is 30.0 Å². The number of hydrogen-bond acceptors (Lipinski definition) is 2. The Morgan fingerprint density at radius 1 is 0.840 bits per heavy atom. The van der Waals surface area contributed by atoms with E-state index in [1.807, 2.05) is 18.2 Å². The fourth-order valence-electron chi connectivity index (χ4n) is 3.21. The van der Waals surface area contributed by atoms with Crippen molar-refractivity contribution in [3.05, 3.63) is 53.6 Å². The Hall–Kier alpha value is -2.29. The highest BCUT2D eigenvalue weighted by atomic mass is 16.4. The average molecular weight is 340 g/mol. The molecule has 2 aromatic carbocycles. The van der Waals surface area contributed by atoms with Gasteiger partial charge in [0.05, 0.1) is 0 Å². The molecule has 0 aliphatic rings. The molecule has 0 heterocycles. The van der Waals surface area contributed by atoms with Crippen molar-refractivity contribution in [3.8, 4) is 16.9 Å². The number of hydrogen-bond donors (Lipinski definition) is 2. The summed E-state index contributed by atoms with van der Waals surface area (Å²) in [5, 5.41) is 19.6. The number of para-hydroxylation sites is 1. The molecule has 2 aromatic rings. The first-order valence-corrected chi connectivity index (χ1v) is 9.28. The zero-order valence-corrected chi connectivity index (χ0v) is 15.0. The number of carboxylic acids is 1. The van der Waals surface area contributed by atoms with Crippen LogP contribution in [0.3, 0.4) is 0 Å². The fourth-order valence-corrected chi connectivity index (χ4v) is 3.21. The Morgan fingerprint density at radius 3 is 2.20 bits per heavy atom. The Morgan fingerprint density at radius 2 is 1.48 bits per heavy atom. The van der Waals surface area contributed by atoms with E-state index in [1.54, 1.807) is 12.1 Å². The molecule has 0 spiro atoms. The minimum Gasteiger partial charge on any atom is -0.506 e. The van der Waals surface area contributed by atoms with Gasteiger partial charge in [0.1, 0.15) is 11.3 Å². The summed E-state index contributed by atoms with van der Waals surface area (Å²) in [6.45, 7) is 2.23. The van der Waals surface area contributed by atoms with Gasteiger partial charge in [0.2, 0.25) is 0 Å². The molecular formula is C22H28O3. The second-order valence-electron chi connectivity index (χ2n) is 6.54. The van der Waals surface area contributed by atoms with Gasteiger partial charge >= 0.3 is 5.97 Å². The maximum Gasteiger partial charge on any atom is 0.339 e. The Balaban J connectivity index is 2.06. The van der Waals surface area contributed by atoms with Gasteiger partial charge in [0, 0.05) is 5.56 Å². The molecule has 0 unspecified atom stereocenters. The van der Waals surface area contributed by atoms with Crippen molar-refractivity contribution < 1.29 is 15.0 Å². The molecule has 0 fully saturated rings. The predicted molar refractivity (Wildman–Crippen MR) is 102 cm³/mol. The molecule has 0 saturated heterocycles. The van der Waals surface area contributed by atoms with Crippen LogP contribution in [-0.2, 0) is 6.42 Å². The maximum atomic E-state index is 11.2. The third-order valence-electron chi connectivity index (χ3n) is 4.62. The topological polar surface area (TPSA) is 57.5 Å². The highest BCUT2D eigenvalue weighted by molar-refractivity contribution is 5.94. The van der Waals surface area contributed by atoms with Gasteiger partial charge in [-0.1, -0.05) is 81.8 Å². The predicted octanol–water partition coefficient (Wildman–Crippen LogP) is 6.05. The number of carbonyl (C=O) groups is 1. The SMILES string of the molecule is CCCCCCCCCc1ccccc1-c1cccc(C(=O)O)c1O. The van der Waals surface area contributed by atoms with E-state index in [1.165, 1.54) is 44.6 Å². The van der Waals surface area contributed by atoms with Crippen molar-refractivity contribution >= 4 is 5.97 Å². The number of rotatable bonds is 10. The third kappa shape index (κ3) is 5.35. The van der Waals surface area contributed by atoms with Crippen molar-refractivity contribution in [1.29, 1.82) is 0 Å². The number of aryl methyl sites for hydroxylation is 1. The highest BCUT2D eigenvalue weighted by Gasteiger charge is 2.15. The molecule has 0 bridgehead atoms. The summed E-state index contributed by atoms with van der Waals surface area (Å²) in [4.78, 5) is 11.2. The summed E-state index contributed by atoms with van der Waals surface area (Å²) >= 11 is 0. The van der Waals surface area contributed by atoms with Gasteiger partial charge in [0.15, 0.2) is 0 Å². The number of unbranched alkanes of at least 4 members (excludes halogenated alkanes) is 6. The lowest BCUT2D eigenvalue weighted by Crippen LogP contribution is -1.98. The zero-order valence-electron chi connectivity index (χ0n) is 15.0. The van der Waals surface area contributed by atoms with E-state index < -0.39 is 5.97 Å². The van der Waals surface area contributed by atoms with Crippen molar-refractivity contribution in [2.45, 2.75) is 58.3 Å². The number of aromatic carboxylic acids is 1. The van der Waals surface area contributed by atoms with Gasteiger partial charge in [-0.2, -0.15) is 0 Å². The van der Waals surface area contributed by atoms with E-state index in [0.29, 0.717) is 5.56 Å². The summed E-state index contributed by atoms with van der Waals surface area (Å²) in [6.07, 6.45) is 9.75. The molecule has 25 heavy (non-hydrogen) atoms. The van der Waals surface area contributed by atoms with Crippen molar-refractivity contribution in [2.24, 2.45) is 0 Å². The normalized spacial score (nSPS) is 10.8. The molecule has 3 nitrogen and oxygen atoms in total. The largest absolute Gasteiger partial charge is 0.506 e. The summed E-state index contributed by atoms with van der Waals surface area (Å²) in [7, 11) is 0. The lowest BCUT2D eigenvalue weighted by atomic mass is 9.94. The molecule has 134 valence electrons. The van der Waals surface area contributed by atoms with E-state index in [2.05, 4.69) is 13.0 Å². The molecule has 0 aromatic heterocycles. The van der Waals surface area contributed by atoms with Crippen LogP contribution in [0.15, 0.2) is 42.5 Å². The average Bonchev–Trinajstić information content (AvgIpc) is 2.61. The minimum absolute atomic E-state index is 0.0526. The lowest BCUT2D eigenvalue weighted by molar-refractivity contribution is 0.0694. The first kappa shape index (κ1) is 19.0. The Labute approximate surface area is 150 Å². The van der Waals surface area contributed by atoms with E-state index in [0.717, 1.165) is 24.0 Å². The molecule has 0 amide bonds. The van der Waals surface area contributed by atoms with Crippen LogP contribution in [0.5, 0.6) is 5.75 Å². The van der Waals surface area contributed by atoms with Crippen LogP contribution in [0.25, 0.3) is 11.1 Å². The summed E-state index contributed by atoms with van der Waals surface area (Å²) in [5.74, 6) is -1.26. The van der Waals surface area contributed by atoms with E-state index in [9.17, 15) is 15.0 Å². The minimum atomic E-state index is -1.11. The quantitative estimate of drug-likeness (QED) is 0.518. The van der Waals surface area contributed by atoms with Crippen LogP contribution >= 0.6 is 0 Å². The van der Waals surface area contributed by atoms with Crippen molar-refractivity contribution in [3.63, 3.8) is 0 Å². The first-order chi connectivity index (χ1) is 12.1. The van der Waals surface area contributed by atoms with Gasteiger partial charge in [-0.3, -0.25) is 0 Å². The number of benzene rings is 2. The van der Waals surface area contributed by atoms with Crippen molar-refractivity contribution in [1.82, 2.24) is 0 Å². The molecule has 0 aliphatic heterocycles. The molecule has 0 atom stereocenters. The van der Waals surface area contributed by atoms with E-state index >= 15 is 0 Å².